The van der Waals surface area contributed by atoms with Gasteiger partial charge in [-0.1, -0.05) is 58.4 Å². The lowest BCUT2D eigenvalue weighted by Gasteiger charge is -2.12. The van der Waals surface area contributed by atoms with E-state index in [4.69, 9.17) is 9.47 Å². The van der Waals surface area contributed by atoms with Crippen LogP contribution in [0.3, 0.4) is 0 Å². The molecule has 0 bridgehead atoms. The fourth-order valence-corrected chi connectivity index (χ4v) is 4.04. The molecule has 1 amide bonds. The maximum absolute atomic E-state index is 12.0. The standard InChI is InChI=1S/C25H25BrN2O3S/c1-2-30-24-14-20(11-12-23(24)31-16-19-7-4-3-5-8-19)15-27-28-25(29)18-32-17-21-9-6-10-22(26)13-21/h3-15H,2,16-18H2,1H3,(H,28,29)/b27-15-. The predicted molar refractivity (Wildman–Crippen MR) is 134 cm³/mol. The van der Waals surface area contributed by atoms with Gasteiger partial charge in [-0.2, -0.15) is 5.10 Å². The summed E-state index contributed by atoms with van der Waals surface area (Å²) in [7, 11) is 0. The summed E-state index contributed by atoms with van der Waals surface area (Å²) < 4.78 is 12.7. The summed E-state index contributed by atoms with van der Waals surface area (Å²) in [5, 5.41) is 4.06. The van der Waals surface area contributed by atoms with Crippen molar-refractivity contribution in [2.75, 3.05) is 12.4 Å². The molecule has 5 nitrogen and oxygen atoms in total. The Hall–Kier alpha value is -2.77. The van der Waals surface area contributed by atoms with Crippen LogP contribution in [0, 0.1) is 0 Å². The summed E-state index contributed by atoms with van der Waals surface area (Å²) in [6.07, 6.45) is 1.60. The van der Waals surface area contributed by atoms with E-state index >= 15 is 0 Å². The Bertz CT molecular complexity index is 1040. The number of nitrogens with zero attached hydrogens (tertiary/aromatic N) is 1. The molecule has 0 radical (unpaired) electrons. The second kappa shape index (κ2) is 12.9. The van der Waals surface area contributed by atoms with Crippen molar-refractivity contribution in [3.8, 4) is 11.5 Å². The number of halogens is 1. The average Bonchev–Trinajstić information content (AvgIpc) is 2.79. The van der Waals surface area contributed by atoms with Crippen molar-refractivity contribution in [3.63, 3.8) is 0 Å². The second-order valence-corrected chi connectivity index (χ2v) is 8.73. The maximum atomic E-state index is 12.0. The van der Waals surface area contributed by atoms with Crippen molar-refractivity contribution in [2.24, 2.45) is 5.10 Å². The summed E-state index contributed by atoms with van der Waals surface area (Å²) in [4.78, 5) is 12.0. The fourth-order valence-electron chi connectivity index (χ4n) is 2.83. The van der Waals surface area contributed by atoms with Gasteiger partial charge in [-0.25, -0.2) is 5.43 Å². The zero-order valence-electron chi connectivity index (χ0n) is 17.8. The number of benzene rings is 3. The first-order valence-electron chi connectivity index (χ1n) is 10.2. The van der Waals surface area contributed by atoms with E-state index in [0.29, 0.717) is 30.5 Å². The number of ether oxygens (including phenoxy) is 2. The Balaban J connectivity index is 1.49. The number of amides is 1. The molecule has 0 spiro atoms. The number of rotatable bonds is 11. The van der Waals surface area contributed by atoms with Crippen LogP contribution in [0.25, 0.3) is 0 Å². The molecule has 0 aliphatic carbocycles. The van der Waals surface area contributed by atoms with Gasteiger partial charge in [0.1, 0.15) is 6.61 Å². The first kappa shape index (κ1) is 23.9. The van der Waals surface area contributed by atoms with Crippen molar-refractivity contribution in [1.29, 1.82) is 0 Å². The summed E-state index contributed by atoms with van der Waals surface area (Å²) >= 11 is 4.99. The van der Waals surface area contributed by atoms with Gasteiger partial charge >= 0.3 is 0 Å². The van der Waals surface area contributed by atoms with E-state index in [9.17, 15) is 4.79 Å². The van der Waals surface area contributed by atoms with Gasteiger partial charge in [-0.15, -0.1) is 11.8 Å². The Labute approximate surface area is 201 Å². The fraction of sp³-hybridized carbons (Fsp3) is 0.200. The third-order valence-electron chi connectivity index (χ3n) is 4.30. The minimum atomic E-state index is -0.144. The normalized spacial score (nSPS) is 10.8. The van der Waals surface area contributed by atoms with Crippen molar-refractivity contribution in [3.05, 3.63) is 94.0 Å². The molecular weight excluding hydrogens is 488 g/mol. The Morgan fingerprint density at radius 3 is 2.59 bits per heavy atom. The highest BCUT2D eigenvalue weighted by atomic mass is 79.9. The van der Waals surface area contributed by atoms with Crippen molar-refractivity contribution in [2.45, 2.75) is 19.3 Å². The molecule has 1 N–H and O–H groups in total. The van der Waals surface area contributed by atoms with E-state index in [1.54, 1.807) is 18.0 Å². The van der Waals surface area contributed by atoms with Crippen molar-refractivity contribution < 1.29 is 14.3 Å². The predicted octanol–water partition coefficient (Wildman–Crippen LogP) is 5.81. The Morgan fingerprint density at radius 2 is 1.81 bits per heavy atom. The minimum Gasteiger partial charge on any atom is -0.490 e. The van der Waals surface area contributed by atoms with E-state index in [-0.39, 0.29) is 5.91 Å². The molecule has 3 aromatic rings. The highest BCUT2D eigenvalue weighted by Crippen LogP contribution is 2.29. The number of hydrogen-bond acceptors (Lipinski definition) is 5. The number of carbonyl (C=O) groups excluding carboxylic acids is 1. The van der Waals surface area contributed by atoms with Gasteiger partial charge in [0.05, 0.1) is 18.6 Å². The van der Waals surface area contributed by atoms with Gasteiger partial charge in [0.2, 0.25) is 5.91 Å². The van der Waals surface area contributed by atoms with Gasteiger partial charge in [-0.05, 0) is 53.9 Å². The van der Waals surface area contributed by atoms with Crippen molar-refractivity contribution >= 4 is 39.8 Å². The summed E-state index contributed by atoms with van der Waals surface area (Å²) in [6, 6.07) is 23.6. The van der Waals surface area contributed by atoms with Crippen LogP contribution in [-0.2, 0) is 17.2 Å². The zero-order valence-corrected chi connectivity index (χ0v) is 20.2. The third kappa shape index (κ3) is 8.05. The highest BCUT2D eigenvalue weighted by Gasteiger charge is 2.07. The van der Waals surface area contributed by atoms with Crippen LogP contribution in [0.15, 0.2) is 82.4 Å². The molecule has 0 atom stereocenters. The molecule has 0 unspecified atom stereocenters. The van der Waals surface area contributed by atoms with E-state index in [1.807, 2.05) is 79.7 Å². The molecule has 0 fully saturated rings. The van der Waals surface area contributed by atoms with Gasteiger partial charge in [0.25, 0.3) is 0 Å². The monoisotopic (exact) mass is 512 g/mol. The second-order valence-electron chi connectivity index (χ2n) is 6.83. The third-order valence-corrected chi connectivity index (χ3v) is 5.80. The Kier molecular flexibility index (Phi) is 9.65. The number of nitrogens with one attached hydrogen (secondary N) is 1. The van der Waals surface area contributed by atoms with Crippen LogP contribution in [-0.4, -0.2) is 24.5 Å². The minimum absolute atomic E-state index is 0.144. The molecule has 0 aliphatic heterocycles. The molecule has 3 rings (SSSR count). The van der Waals surface area contributed by atoms with Gasteiger partial charge in [0, 0.05) is 10.2 Å². The van der Waals surface area contributed by atoms with Crippen LogP contribution >= 0.6 is 27.7 Å². The molecule has 0 aliphatic rings. The zero-order chi connectivity index (χ0) is 22.6. The van der Waals surface area contributed by atoms with E-state index < -0.39 is 0 Å². The number of hydrogen-bond donors (Lipinski definition) is 1. The van der Waals surface area contributed by atoms with E-state index in [2.05, 4.69) is 26.5 Å². The maximum Gasteiger partial charge on any atom is 0.250 e. The number of hydrazone groups is 1. The Morgan fingerprint density at radius 1 is 1.00 bits per heavy atom. The van der Waals surface area contributed by atoms with E-state index in [1.165, 1.54) is 5.56 Å². The lowest BCUT2D eigenvalue weighted by molar-refractivity contribution is -0.118. The highest BCUT2D eigenvalue weighted by molar-refractivity contribution is 9.10. The van der Waals surface area contributed by atoms with Crippen LogP contribution in [0.5, 0.6) is 11.5 Å². The first-order valence-corrected chi connectivity index (χ1v) is 12.2. The molecule has 0 saturated carbocycles. The van der Waals surface area contributed by atoms with Gasteiger partial charge in [-0.3, -0.25) is 4.79 Å². The average molecular weight is 513 g/mol. The lowest BCUT2D eigenvalue weighted by Crippen LogP contribution is -2.19. The van der Waals surface area contributed by atoms with E-state index in [0.717, 1.165) is 21.4 Å². The summed E-state index contributed by atoms with van der Waals surface area (Å²) in [5.41, 5.74) is 5.63. The largest absolute Gasteiger partial charge is 0.490 e. The van der Waals surface area contributed by atoms with Crippen LogP contribution in [0.1, 0.15) is 23.6 Å². The van der Waals surface area contributed by atoms with Gasteiger partial charge in [0.15, 0.2) is 11.5 Å². The van der Waals surface area contributed by atoms with Crippen molar-refractivity contribution in [1.82, 2.24) is 5.43 Å². The molecule has 0 saturated heterocycles. The topological polar surface area (TPSA) is 59.9 Å². The summed E-state index contributed by atoms with van der Waals surface area (Å²) in [6.45, 7) is 2.91. The number of carbonyl (C=O) groups is 1. The number of thioether (sulfide) groups is 1. The smallest absolute Gasteiger partial charge is 0.250 e. The molecule has 3 aromatic carbocycles. The van der Waals surface area contributed by atoms with Gasteiger partial charge < -0.3 is 9.47 Å². The molecular formula is C25H25BrN2O3S. The summed E-state index contributed by atoms with van der Waals surface area (Å²) in [5.74, 6) is 2.26. The molecule has 0 heterocycles. The molecule has 166 valence electrons. The SMILES string of the molecule is CCOc1cc(/C=N\NC(=O)CSCc2cccc(Br)c2)ccc1OCc1ccccc1. The van der Waals surface area contributed by atoms with Crippen LogP contribution in [0.4, 0.5) is 0 Å². The van der Waals surface area contributed by atoms with Crippen LogP contribution in [0.2, 0.25) is 0 Å². The lowest BCUT2D eigenvalue weighted by atomic mass is 10.2. The molecule has 7 heteroatoms. The first-order chi connectivity index (χ1) is 15.6. The van der Waals surface area contributed by atoms with Crippen LogP contribution < -0.4 is 14.9 Å². The quantitative estimate of drug-likeness (QED) is 0.260. The molecule has 0 aromatic heterocycles. The molecule has 32 heavy (non-hydrogen) atoms.